The second-order valence-corrected chi connectivity index (χ2v) is 4.46. The number of carbonyl (C=O) groups excluding carboxylic acids is 1. The molecule has 0 aromatic carbocycles. The molecule has 1 heterocycles. The second kappa shape index (κ2) is 4.06. The number of aromatic nitrogens is 1. The van der Waals surface area contributed by atoms with Gasteiger partial charge in [-0.25, -0.2) is 9.78 Å². The number of pyridine rings is 1. The van der Waals surface area contributed by atoms with Gasteiger partial charge in [0.1, 0.15) is 11.4 Å². The van der Waals surface area contributed by atoms with Gasteiger partial charge in [-0.15, -0.1) is 0 Å². The van der Waals surface area contributed by atoms with Crippen LogP contribution in [-0.4, -0.2) is 21.7 Å². The summed E-state index contributed by atoms with van der Waals surface area (Å²) in [5.74, 6) is -0.951. The van der Waals surface area contributed by atoms with Gasteiger partial charge in [-0.1, -0.05) is 11.6 Å². The fraction of sp³-hybridized carbons (Fsp3) is 0.400. The minimum atomic E-state index is -0.670. The van der Waals surface area contributed by atoms with Crippen LogP contribution in [0.1, 0.15) is 31.3 Å². The summed E-state index contributed by atoms with van der Waals surface area (Å²) in [5.41, 5.74) is -0.750. The molecule has 1 rings (SSSR count). The first-order valence-corrected chi connectivity index (χ1v) is 4.75. The van der Waals surface area contributed by atoms with Crippen LogP contribution in [0.5, 0.6) is 5.75 Å². The van der Waals surface area contributed by atoms with Crippen molar-refractivity contribution in [2.75, 3.05) is 0 Å². The Morgan fingerprint density at radius 2 is 2.13 bits per heavy atom. The van der Waals surface area contributed by atoms with Crippen molar-refractivity contribution in [3.63, 3.8) is 0 Å². The van der Waals surface area contributed by atoms with Gasteiger partial charge in [0, 0.05) is 12.3 Å². The van der Waals surface area contributed by atoms with Gasteiger partial charge in [-0.3, -0.25) is 0 Å². The van der Waals surface area contributed by atoms with Crippen molar-refractivity contribution < 1.29 is 14.6 Å². The maximum atomic E-state index is 11.5. The average Bonchev–Trinajstić information content (AvgIpc) is 1.99. The summed E-state index contributed by atoms with van der Waals surface area (Å²) >= 11 is 5.58. The van der Waals surface area contributed by atoms with Gasteiger partial charge in [0.15, 0.2) is 5.69 Å². The Bertz CT molecular complexity index is 385. The molecule has 0 bridgehead atoms. The zero-order valence-electron chi connectivity index (χ0n) is 8.74. The zero-order valence-corrected chi connectivity index (χ0v) is 9.50. The topological polar surface area (TPSA) is 59.4 Å². The van der Waals surface area contributed by atoms with Gasteiger partial charge in [-0.2, -0.15) is 0 Å². The van der Waals surface area contributed by atoms with E-state index in [2.05, 4.69) is 4.98 Å². The van der Waals surface area contributed by atoms with Crippen molar-refractivity contribution in [3.8, 4) is 5.75 Å². The van der Waals surface area contributed by atoms with E-state index in [1.807, 2.05) is 0 Å². The number of rotatable bonds is 1. The molecular weight excluding hydrogens is 218 g/mol. The fourth-order valence-electron chi connectivity index (χ4n) is 0.912. The molecule has 0 saturated carbocycles. The first-order valence-electron chi connectivity index (χ1n) is 4.37. The smallest absolute Gasteiger partial charge is 0.361 e. The molecule has 0 aliphatic heterocycles. The highest BCUT2D eigenvalue weighted by Gasteiger charge is 2.21. The van der Waals surface area contributed by atoms with E-state index in [0.717, 1.165) is 0 Å². The normalized spacial score (nSPS) is 11.2. The summed E-state index contributed by atoms with van der Waals surface area (Å²) in [7, 11) is 0. The first kappa shape index (κ1) is 11.8. The maximum Gasteiger partial charge on any atom is 0.361 e. The molecule has 0 unspecified atom stereocenters. The number of carbonyl (C=O) groups is 1. The molecule has 1 aromatic rings. The minimum Gasteiger partial charge on any atom is -0.505 e. The SMILES string of the molecule is CC(C)(C)OC(=O)c1ncc(Cl)cc1O. The Morgan fingerprint density at radius 1 is 1.53 bits per heavy atom. The summed E-state index contributed by atoms with van der Waals surface area (Å²) in [6, 6.07) is 1.24. The van der Waals surface area contributed by atoms with E-state index in [9.17, 15) is 9.90 Å². The molecule has 0 fully saturated rings. The third-order valence-corrected chi connectivity index (χ3v) is 1.63. The molecule has 4 nitrogen and oxygen atoms in total. The largest absolute Gasteiger partial charge is 0.505 e. The van der Waals surface area contributed by atoms with Gasteiger partial charge in [0.2, 0.25) is 0 Å². The van der Waals surface area contributed by atoms with Crippen LogP contribution in [0, 0.1) is 0 Å². The maximum absolute atomic E-state index is 11.5. The lowest BCUT2D eigenvalue weighted by molar-refractivity contribution is 0.00599. The minimum absolute atomic E-state index is 0.130. The van der Waals surface area contributed by atoms with Crippen LogP contribution >= 0.6 is 11.6 Å². The van der Waals surface area contributed by atoms with Crippen LogP contribution in [0.25, 0.3) is 0 Å². The average molecular weight is 230 g/mol. The summed E-state index contributed by atoms with van der Waals surface area (Å²) in [5, 5.41) is 9.67. The number of halogens is 1. The molecule has 1 aromatic heterocycles. The molecule has 5 heteroatoms. The van der Waals surface area contributed by atoms with Crippen molar-refractivity contribution in [3.05, 3.63) is 23.0 Å². The van der Waals surface area contributed by atoms with Gasteiger partial charge in [0.05, 0.1) is 5.02 Å². The second-order valence-electron chi connectivity index (χ2n) is 4.02. The number of hydrogen-bond acceptors (Lipinski definition) is 4. The van der Waals surface area contributed by atoms with Crippen molar-refractivity contribution >= 4 is 17.6 Å². The Kier molecular flexibility index (Phi) is 3.19. The molecule has 0 aliphatic rings. The van der Waals surface area contributed by atoms with Crippen LogP contribution in [-0.2, 0) is 4.74 Å². The standard InChI is InChI=1S/C10H12ClNO3/c1-10(2,3)15-9(14)8-7(13)4-6(11)5-12-8/h4-5,13H,1-3H3. The molecular formula is C10H12ClNO3. The van der Waals surface area contributed by atoms with Crippen LogP contribution in [0.3, 0.4) is 0 Å². The predicted octanol–water partition coefficient (Wildman–Crippen LogP) is 2.40. The van der Waals surface area contributed by atoms with E-state index >= 15 is 0 Å². The van der Waals surface area contributed by atoms with E-state index in [4.69, 9.17) is 16.3 Å². The highest BCUT2D eigenvalue weighted by molar-refractivity contribution is 6.30. The molecule has 0 radical (unpaired) electrons. The van der Waals surface area contributed by atoms with Crippen LogP contribution < -0.4 is 0 Å². The van der Waals surface area contributed by atoms with E-state index in [-0.39, 0.29) is 16.5 Å². The highest BCUT2D eigenvalue weighted by Crippen LogP contribution is 2.21. The molecule has 0 aliphatic carbocycles. The van der Waals surface area contributed by atoms with Gasteiger partial charge in [-0.05, 0) is 20.8 Å². The third-order valence-electron chi connectivity index (χ3n) is 1.43. The van der Waals surface area contributed by atoms with E-state index in [0.29, 0.717) is 0 Å². The molecule has 0 amide bonds. The van der Waals surface area contributed by atoms with E-state index in [1.165, 1.54) is 12.3 Å². The Balaban J connectivity index is 2.92. The van der Waals surface area contributed by atoms with Gasteiger partial charge in [0.25, 0.3) is 0 Å². The van der Waals surface area contributed by atoms with Crippen molar-refractivity contribution in [2.45, 2.75) is 26.4 Å². The summed E-state index contributed by atoms with van der Waals surface area (Å²) in [6.07, 6.45) is 1.28. The number of esters is 1. The lowest BCUT2D eigenvalue weighted by atomic mass is 10.2. The zero-order chi connectivity index (χ0) is 11.6. The predicted molar refractivity (Wildman–Crippen MR) is 56.1 cm³/mol. The fourth-order valence-corrected chi connectivity index (χ4v) is 1.06. The summed E-state index contributed by atoms with van der Waals surface area (Å²) in [4.78, 5) is 15.2. The monoisotopic (exact) mass is 229 g/mol. The van der Waals surface area contributed by atoms with Crippen molar-refractivity contribution in [1.29, 1.82) is 0 Å². The number of ether oxygens (including phenoxy) is 1. The lowest BCUT2D eigenvalue weighted by Crippen LogP contribution is -2.24. The summed E-state index contributed by atoms with van der Waals surface area (Å²) < 4.78 is 5.04. The quantitative estimate of drug-likeness (QED) is 0.752. The summed E-state index contributed by atoms with van der Waals surface area (Å²) in [6.45, 7) is 5.20. The van der Waals surface area contributed by atoms with E-state index < -0.39 is 11.6 Å². The Morgan fingerprint density at radius 3 is 2.60 bits per heavy atom. The molecule has 0 atom stereocenters. The molecule has 15 heavy (non-hydrogen) atoms. The number of aromatic hydroxyl groups is 1. The highest BCUT2D eigenvalue weighted by atomic mass is 35.5. The molecule has 0 spiro atoms. The first-order chi connectivity index (χ1) is 6.79. The molecule has 1 N–H and O–H groups in total. The van der Waals surface area contributed by atoms with Gasteiger partial charge >= 0.3 is 5.97 Å². The van der Waals surface area contributed by atoms with Crippen molar-refractivity contribution in [2.24, 2.45) is 0 Å². The molecule has 82 valence electrons. The van der Waals surface area contributed by atoms with Crippen LogP contribution in [0.2, 0.25) is 5.02 Å². The Labute approximate surface area is 92.8 Å². The number of nitrogens with zero attached hydrogens (tertiary/aromatic N) is 1. The van der Waals surface area contributed by atoms with Crippen LogP contribution in [0.15, 0.2) is 12.3 Å². The number of hydrogen-bond donors (Lipinski definition) is 1. The molecule has 0 saturated heterocycles. The van der Waals surface area contributed by atoms with Crippen molar-refractivity contribution in [1.82, 2.24) is 4.98 Å². The van der Waals surface area contributed by atoms with Crippen LogP contribution in [0.4, 0.5) is 0 Å². The Hall–Kier alpha value is -1.29. The van der Waals surface area contributed by atoms with Gasteiger partial charge < -0.3 is 9.84 Å². The third kappa shape index (κ3) is 3.40. The lowest BCUT2D eigenvalue weighted by Gasteiger charge is -2.19. The van der Waals surface area contributed by atoms with E-state index in [1.54, 1.807) is 20.8 Å².